The van der Waals surface area contributed by atoms with E-state index in [9.17, 15) is 14.7 Å². The number of nitro benzene ring substituents is 1. The van der Waals surface area contributed by atoms with Gasteiger partial charge in [-0.1, -0.05) is 11.6 Å². The molecule has 0 saturated carbocycles. The van der Waals surface area contributed by atoms with Crippen molar-refractivity contribution in [2.45, 2.75) is 4.90 Å². The molecule has 1 rings (SSSR count). The Bertz CT molecular complexity index is 475. The smallest absolute Gasteiger partial charge is 0.304 e. The van der Waals surface area contributed by atoms with Gasteiger partial charge < -0.3 is 9.05 Å². The fourth-order valence-electron chi connectivity index (χ4n) is 0.980. The summed E-state index contributed by atoms with van der Waals surface area (Å²) < 4.78 is 21.2. The van der Waals surface area contributed by atoms with Crippen LogP contribution in [0.25, 0.3) is 0 Å². The Morgan fingerprint density at radius 3 is 2.47 bits per heavy atom. The van der Waals surface area contributed by atoms with Crippen molar-refractivity contribution in [2.75, 3.05) is 14.2 Å². The van der Waals surface area contributed by atoms with Gasteiger partial charge in [-0.3, -0.25) is 10.1 Å². The molecule has 0 atom stereocenters. The van der Waals surface area contributed by atoms with Crippen LogP contribution in [0.2, 0.25) is 5.02 Å². The number of rotatable bonds is 5. The Balaban J connectivity index is 3.14. The maximum Gasteiger partial charge on any atom is 0.393 e. The van der Waals surface area contributed by atoms with E-state index in [1.807, 2.05) is 0 Å². The number of benzene rings is 1. The Labute approximate surface area is 107 Å². The van der Waals surface area contributed by atoms with E-state index in [0.717, 1.165) is 0 Å². The summed E-state index contributed by atoms with van der Waals surface area (Å²) in [6.07, 6.45) is 0. The van der Waals surface area contributed by atoms with Gasteiger partial charge >= 0.3 is 6.80 Å². The maximum atomic E-state index is 11.8. The maximum absolute atomic E-state index is 11.8. The van der Waals surface area contributed by atoms with Crippen molar-refractivity contribution in [3.05, 3.63) is 33.3 Å². The van der Waals surface area contributed by atoms with E-state index >= 15 is 0 Å². The summed E-state index contributed by atoms with van der Waals surface area (Å²) in [5, 5.41) is 11.0. The molecule has 0 aliphatic heterocycles. The molecule has 0 spiro atoms. The highest BCUT2D eigenvalue weighted by Gasteiger charge is 2.28. The lowest BCUT2D eigenvalue weighted by Crippen LogP contribution is -1.92. The SMILES string of the molecule is COP(=O)(OC)Sc1ccc(Cl)cc1[N+](=O)[O-]. The average molecular weight is 298 g/mol. The Morgan fingerprint density at radius 1 is 1.41 bits per heavy atom. The van der Waals surface area contributed by atoms with E-state index in [0.29, 0.717) is 11.4 Å². The summed E-state index contributed by atoms with van der Waals surface area (Å²) in [5.74, 6) is 0. The fourth-order valence-corrected chi connectivity index (χ4v) is 3.67. The van der Waals surface area contributed by atoms with Crippen molar-refractivity contribution in [1.82, 2.24) is 0 Å². The monoisotopic (exact) mass is 297 g/mol. The van der Waals surface area contributed by atoms with Gasteiger partial charge in [0, 0.05) is 36.7 Å². The molecule has 0 N–H and O–H groups in total. The van der Waals surface area contributed by atoms with E-state index in [-0.39, 0.29) is 15.6 Å². The van der Waals surface area contributed by atoms with Crippen LogP contribution >= 0.6 is 29.8 Å². The lowest BCUT2D eigenvalue weighted by Gasteiger charge is -2.12. The minimum absolute atomic E-state index is 0.173. The van der Waals surface area contributed by atoms with Gasteiger partial charge in [0.2, 0.25) is 0 Å². The number of hydrogen-bond donors (Lipinski definition) is 0. The molecular weight excluding hydrogens is 289 g/mol. The molecule has 0 aromatic heterocycles. The molecule has 0 aliphatic carbocycles. The topological polar surface area (TPSA) is 78.7 Å². The molecule has 0 bridgehead atoms. The van der Waals surface area contributed by atoms with Crippen molar-refractivity contribution >= 4 is 35.5 Å². The van der Waals surface area contributed by atoms with Gasteiger partial charge in [-0.05, 0) is 12.1 Å². The van der Waals surface area contributed by atoms with Crippen molar-refractivity contribution < 1.29 is 18.5 Å². The van der Waals surface area contributed by atoms with Crippen LogP contribution in [-0.4, -0.2) is 19.1 Å². The van der Waals surface area contributed by atoms with Crippen LogP contribution in [0, 0.1) is 10.1 Å². The lowest BCUT2D eigenvalue weighted by molar-refractivity contribution is -0.387. The van der Waals surface area contributed by atoms with Crippen molar-refractivity contribution in [1.29, 1.82) is 0 Å². The zero-order valence-corrected chi connectivity index (χ0v) is 11.4. The summed E-state index contributed by atoms with van der Waals surface area (Å²) in [4.78, 5) is 10.4. The van der Waals surface area contributed by atoms with Crippen LogP contribution in [0.1, 0.15) is 0 Å². The first kappa shape index (κ1) is 14.5. The van der Waals surface area contributed by atoms with E-state index in [2.05, 4.69) is 0 Å². The van der Waals surface area contributed by atoms with Crippen LogP contribution < -0.4 is 0 Å². The van der Waals surface area contributed by atoms with Crippen molar-refractivity contribution in [2.24, 2.45) is 0 Å². The van der Waals surface area contributed by atoms with Crippen LogP contribution in [-0.2, 0) is 13.6 Å². The molecule has 9 heteroatoms. The third-order valence-corrected chi connectivity index (χ3v) is 5.83. The first-order chi connectivity index (χ1) is 7.91. The largest absolute Gasteiger partial charge is 0.393 e. The molecule has 0 radical (unpaired) electrons. The van der Waals surface area contributed by atoms with Gasteiger partial charge in [-0.25, -0.2) is 4.57 Å². The third kappa shape index (κ3) is 3.69. The van der Waals surface area contributed by atoms with E-state index in [1.165, 1.54) is 32.4 Å². The number of halogens is 1. The zero-order valence-electron chi connectivity index (χ0n) is 8.95. The second-order valence-electron chi connectivity index (χ2n) is 2.77. The zero-order chi connectivity index (χ0) is 13.1. The third-order valence-electron chi connectivity index (χ3n) is 1.78. The van der Waals surface area contributed by atoms with Gasteiger partial charge in [-0.2, -0.15) is 0 Å². The predicted molar refractivity (Wildman–Crippen MR) is 65.6 cm³/mol. The number of hydrogen-bond acceptors (Lipinski definition) is 6. The summed E-state index contributed by atoms with van der Waals surface area (Å²) >= 11 is 6.32. The van der Waals surface area contributed by atoms with Gasteiger partial charge in [0.05, 0.1) is 9.82 Å². The fraction of sp³-hybridized carbons (Fsp3) is 0.250. The normalized spacial score (nSPS) is 11.5. The highest BCUT2D eigenvalue weighted by Crippen LogP contribution is 2.63. The van der Waals surface area contributed by atoms with Crippen LogP contribution in [0.5, 0.6) is 0 Å². The molecule has 6 nitrogen and oxygen atoms in total. The van der Waals surface area contributed by atoms with Gasteiger partial charge in [0.25, 0.3) is 5.69 Å². The van der Waals surface area contributed by atoms with Gasteiger partial charge in [-0.15, -0.1) is 0 Å². The van der Waals surface area contributed by atoms with E-state index < -0.39 is 11.7 Å². The van der Waals surface area contributed by atoms with Crippen LogP contribution in [0.4, 0.5) is 5.69 Å². The van der Waals surface area contributed by atoms with Crippen LogP contribution in [0.15, 0.2) is 23.1 Å². The molecule has 0 aliphatic rings. The molecule has 0 unspecified atom stereocenters. The highest BCUT2D eigenvalue weighted by molar-refractivity contribution is 8.55. The first-order valence-corrected chi connectivity index (χ1v) is 7.61. The number of nitrogens with zero attached hydrogens (tertiary/aromatic N) is 1. The summed E-state index contributed by atoms with van der Waals surface area (Å²) in [6, 6.07) is 4.04. The molecule has 17 heavy (non-hydrogen) atoms. The first-order valence-electron chi connectivity index (χ1n) is 4.27. The summed E-state index contributed by atoms with van der Waals surface area (Å²) in [7, 11) is 2.41. The molecule has 94 valence electrons. The molecule has 0 amide bonds. The Morgan fingerprint density at radius 2 is 2.00 bits per heavy atom. The Hall–Kier alpha value is -0.590. The molecular formula is C8H9ClNO5PS. The minimum atomic E-state index is -3.42. The quantitative estimate of drug-likeness (QED) is 0.468. The Kier molecular flexibility index (Phi) is 4.97. The standard InChI is InChI=1S/C8H9ClNO5PS/c1-14-16(13,15-2)17-8-4-3-6(9)5-7(8)10(11)12/h3-5H,1-2H3. The highest BCUT2D eigenvalue weighted by atomic mass is 35.5. The van der Waals surface area contributed by atoms with Crippen molar-refractivity contribution in [3.8, 4) is 0 Å². The summed E-state index contributed by atoms with van der Waals surface area (Å²) in [5.41, 5.74) is -0.239. The molecule has 1 aromatic rings. The van der Waals surface area contributed by atoms with Gasteiger partial charge in [0.1, 0.15) is 0 Å². The second kappa shape index (κ2) is 5.84. The molecule has 0 fully saturated rings. The second-order valence-corrected chi connectivity index (χ2v) is 7.35. The van der Waals surface area contributed by atoms with E-state index in [4.69, 9.17) is 20.6 Å². The minimum Gasteiger partial charge on any atom is -0.304 e. The average Bonchev–Trinajstić information content (AvgIpc) is 2.31. The number of nitro groups is 1. The van der Waals surface area contributed by atoms with Crippen molar-refractivity contribution in [3.63, 3.8) is 0 Å². The molecule has 1 aromatic carbocycles. The predicted octanol–water partition coefficient (Wildman–Crippen LogP) is 3.74. The molecule has 0 heterocycles. The molecule has 0 saturated heterocycles. The van der Waals surface area contributed by atoms with E-state index in [1.54, 1.807) is 0 Å². The summed E-state index contributed by atoms with van der Waals surface area (Å²) in [6.45, 7) is -3.42. The van der Waals surface area contributed by atoms with Crippen LogP contribution in [0.3, 0.4) is 0 Å². The lowest BCUT2D eigenvalue weighted by atomic mass is 10.3. The van der Waals surface area contributed by atoms with Gasteiger partial charge in [0.15, 0.2) is 0 Å².